The quantitative estimate of drug-likeness (QED) is 0.692. The number of piperidine rings is 1. The molecule has 1 aromatic carbocycles. The van der Waals surface area contributed by atoms with Crippen molar-refractivity contribution in [1.82, 2.24) is 15.5 Å². The van der Waals surface area contributed by atoms with Crippen LogP contribution in [0, 0.1) is 5.41 Å². The minimum atomic E-state index is -0.359. The van der Waals surface area contributed by atoms with Crippen molar-refractivity contribution in [3.63, 3.8) is 0 Å². The highest BCUT2D eigenvalue weighted by Crippen LogP contribution is 2.35. The van der Waals surface area contributed by atoms with Crippen LogP contribution in [0.5, 0.6) is 5.75 Å². The molecule has 0 unspecified atom stereocenters. The van der Waals surface area contributed by atoms with Crippen LogP contribution in [0.25, 0.3) is 0 Å². The molecule has 1 spiro atoms. The smallest absolute Gasteiger partial charge is 0.255 e. The lowest BCUT2D eigenvalue weighted by molar-refractivity contribution is -0.142. The predicted molar refractivity (Wildman–Crippen MR) is 100 cm³/mol. The van der Waals surface area contributed by atoms with Gasteiger partial charge in [-0.3, -0.25) is 9.59 Å². The molecular weight excluding hydrogens is 330 g/mol. The third-order valence-corrected chi connectivity index (χ3v) is 5.23. The van der Waals surface area contributed by atoms with Crippen LogP contribution in [0.1, 0.15) is 29.6 Å². The third kappa shape index (κ3) is 4.07. The van der Waals surface area contributed by atoms with Crippen molar-refractivity contribution in [2.45, 2.75) is 19.3 Å². The number of amides is 2. The van der Waals surface area contributed by atoms with Crippen LogP contribution in [0.3, 0.4) is 0 Å². The summed E-state index contributed by atoms with van der Waals surface area (Å²) in [5.74, 6) is 0.577. The van der Waals surface area contributed by atoms with Gasteiger partial charge in [0.15, 0.2) is 0 Å². The standard InChI is InChI=1S/C20H27N3O3/c1-23-14-15-26-17-7-3-2-6-16(17)18(24)22-11-5-4-8-20(19(23)25)9-12-21-13-10-20/h2-7,21H,8-15H2,1H3,(H,22,24)/b5-4+. The molecule has 1 saturated heterocycles. The topological polar surface area (TPSA) is 70.7 Å². The molecule has 0 bridgehead atoms. The Kier molecular flexibility index (Phi) is 5.93. The van der Waals surface area contributed by atoms with E-state index < -0.39 is 0 Å². The van der Waals surface area contributed by atoms with E-state index >= 15 is 0 Å². The van der Waals surface area contributed by atoms with Crippen LogP contribution in [0.2, 0.25) is 0 Å². The maximum Gasteiger partial charge on any atom is 0.255 e. The molecule has 26 heavy (non-hydrogen) atoms. The highest BCUT2D eigenvalue weighted by Gasteiger charge is 2.40. The second-order valence-electron chi connectivity index (χ2n) is 6.99. The highest BCUT2D eigenvalue weighted by molar-refractivity contribution is 5.97. The van der Waals surface area contributed by atoms with Crippen LogP contribution in [0.15, 0.2) is 36.4 Å². The fourth-order valence-corrected chi connectivity index (χ4v) is 3.63. The largest absolute Gasteiger partial charge is 0.491 e. The first-order valence-corrected chi connectivity index (χ1v) is 9.24. The fraction of sp³-hybridized carbons (Fsp3) is 0.500. The molecule has 0 atom stereocenters. The van der Waals surface area contributed by atoms with Gasteiger partial charge in [0.25, 0.3) is 5.91 Å². The number of carbonyl (C=O) groups excluding carboxylic acids is 2. The molecule has 1 fully saturated rings. The van der Waals surface area contributed by atoms with Crippen LogP contribution >= 0.6 is 0 Å². The second-order valence-corrected chi connectivity index (χ2v) is 6.99. The number of likely N-dealkylation sites (N-methyl/N-ethyl adjacent to an activating group) is 1. The molecule has 2 heterocycles. The van der Waals surface area contributed by atoms with Crippen molar-refractivity contribution in [3.8, 4) is 5.75 Å². The second kappa shape index (κ2) is 8.36. The van der Waals surface area contributed by atoms with Gasteiger partial charge >= 0.3 is 0 Å². The van der Waals surface area contributed by atoms with Crippen molar-refractivity contribution in [2.75, 3.05) is 39.8 Å². The van der Waals surface area contributed by atoms with Gasteiger partial charge < -0.3 is 20.3 Å². The van der Waals surface area contributed by atoms with E-state index in [1.807, 2.05) is 31.3 Å². The van der Waals surface area contributed by atoms with E-state index in [-0.39, 0.29) is 17.2 Å². The van der Waals surface area contributed by atoms with Gasteiger partial charge in [0.05, 0.1) is 17.5 Å². The highest BCUT2D eigenvalue weighted by atomic mass is 16.5. The molecule has 2 aliphatic rings. The summed E-state index contributed by atoms with van der Waals surface area (Å²) in [6.45, 7) is 3.00. The molecule has 2 aliphatic heterocycles. The first-order chi connectivity index (χ1) is 12.6. The molecule has 0 saturated carbocycles. The van der Waals surface area contributed by atoms with E-state index in [1.54, 1.807) is 17.0 Å². The van der Waals surface area contributed by atoms with Gasteiger partial charge in [-0.25, -0.2) is 0 Å². The molecule has 1 aromatic rings. The molecule has 0 aliphatic carbocycles. The lowest BCUT2D eigenvalue weighted by Gasteiger charge is -2.38. The van der Waals surface area contributed by atoms with Crippen molar-refractivity contribution in [2.24, 2.45) is 5.41 Å². The number of hydrogen-bond acceptors (Lipinski definition) is 4. The molecule has 140 valence electrons. The zero-order valence-electron chi connectivity index (χ0n) is 15.3. The van der Waals surface area contributed by atoms with Crippen molar-refractivity contribution in [1.29, 1.82) is 0 Å². The molecule has 2 N–H and O–H groups in total. The first-order valence-electron chi connectivity index (χ1n) is 9.24. The number of rotatable bonds is 0. The van der Waals surface area contributed by atoms with E-state index in [0.29, 0.717) is 37.4 Å². The Morgan fingerprint density at radius 3 is 2.69 bits per heavy atom. The maximum absolute atomic E-state index is 13.1. The lowest BCUT2D eigenvalue weighted by atomic mass is 9.74. The van der Waals surface area contributed by atoms with Crippen LogP contribution in [-0.2, 0) is 4.79 Å². The SMILES string of the molecule is CN1CCOc2ccccc2C(=O)NC/C=C/CC2(CCNCC2)C1=O. The van der Waals surface area contributed by atoms with Crippen LogP contribution in [0.4, 0.5) is 0 Å². The Morgan fingerprint density at radius 1 is 1.12 bits per heavy atom. The van der Waals surface area contributed by atoms with Crippen LogP contribution in [-0.4, -0.2) is 56.5 Å². The zero-order chi connectivity index (χ0) is 18.4. The van der Waals surface area contributed by atoms with Gasteiger partial charge in [-0.05, 0) is 44.5 Å². The van der Waals surface area contributed by atoms with Crippen molar-refractivity contribution < 1.29 is 14.3 Å². The molecule has 6 nitrogen and oxygen atoms in total. The Morgan fingerprint density at radius 2 is 1.88 bits per heavy atom. The monoisotopic (exact) mass is 357 g/mol. The number of benzene rings is 1. The van der Waals surface area contributed by atoms with Gasteiger partial charge in [-0.15, -0.1) is 0 Å². The molecular formula is C20H27N3O3. The Balaban J connectivity index is 1.81. The van der Waals surface area contributed by atoms with Gasteiger partial charge in [-0.2, -0.15) is 0 Å². The maximum atomic E-state index is 13.1. The summed E-state index contributed by atoms with van der Waals surface area (Å²) in [6.07, 6.45) is 6.33. The summed E-state index contributed by atoms with van der Waals surface area (Å²) in [4.78, 5) is 27.3. The number of fused-ring (bicyclic) bond motifs is 1. The van der Waals surface area contributed by atoms with E-state index in [2.05, 4.69) is 10.6 Å². The number of ether oxygens (including phenoxy) is 1. The normalized spacial score (nSPS) is 22.7. The summed E-state index contributed by atoms with van der Waals surface area (Å²) >= 11 is 0. The first kappa shape index (κ1) is 18.5. The predicted octanol–water partition coefficient (Wildman–Crippen LogP) is 1.58. The summed E-state index contributed by atoms with van der Waals surface area (Å²) in [5.41, 5.74) is 0.157. The number of para-hydroxylation sites is 1. The van der Waals surface area contributed by atoms with Gasteiger partial charge in [-0.1, -0.05) is 24.3 Å². The van der Waals surface area contributed by atoms with Crippen molar-refractivity contribution in [3.05, 3.63) is 42.0 Å². The average molecular weight is 357 g/mol. The Bertz CT molecular complexity index is 681. The van der Waals surface area contributed by atoms with E-state index in [9.17, 15) is 9.59 Å². The number of nitrogens with one attached hydrogen (secondary N) is 2. The molecule has 0 radical (unpaired) electrons. The molecule has 0 aromatic heterocycles. The Labute approximate surface area is 154 Å². The number of allylic oxidation sites excluding steroid dienone is 1. The summed E-state index contributed by atoms with van der Waals surface area (Å²) < 4.78 is 5.81. The number of hydrogen-bond donors (Lipinski definition) is 2. The minimum Gasteiger partial charge on any atom is -0.491 e. The summed E-state index contributed by atoms with van der Waals surface area (Å²) in [7, 11) is 1.84. The summed E-state index contributed by atoms with van der Waals surface area (Å²) in [5, 5.41) is 6.23. The van der Waals surface area contributed by atoms with E-state index in [4.69, 9.17) is 4.74 Å². The third-order valence-electron chi connectivity index (χ3n) is 5.23. The molecule has 6 heteroatoms. The molecule has 3 rings (SSSR count). The minimum absolute atomic E-state index is 0.150. The van der Waals surface area contributed by atoms with Gasteiger partial charge in [0, 0.05) is 13.6 Å². The number of carbonyl (C=O) groups is 2. The number of nitrogens with zero attached hydrogens (tertiary/aromatic N) is 1. The average Bonchev–Trinajstić information content (AvgIpc) is 2.67. The van der Waals surface area contributed by atoms with E-state index in [0.717, 1.165) is 25.9 Å². The molecule has 2 amide bonds. The summed E-state index contributed by atoms with van der Waals surface area (Å²) in [6, 6.07) is 7.19. The zero-order valence-corrected chi connectivity index (χ0v) is 15.3. The lowest BCUT2D eigenvalue weighted by Crippen LogP contribution is -2.48. The van der Waals surface area contributed by atoms with Gasteiger partial charge in [0.2, 0.25) is 5.91 Å². The van der Waals surface area contributed by atoms with Crippen molar-refractivity contribution >= 4 is 11.8 Å². The Hall–Kier alpha value is -2.34. The fourth-order valence-electron chi connectivity index (χ4n) is 3.63. The van der Waals surface area contributed by atoms with Crippen LogP contribution < -0.4 is 15.4 Å². The van der Waals surface area contributed by atoms with E-state index in [1.165, 1.54) is 0 Å². The van der Waals surface area contributed by atoms with Gasteiger partial charge in [0.1, 0.15) is 12.4 Å².